The van der Waals surface area contributed by atoms with E-state index in [9.17, 15) is 19.5 Å². The monoisotopic (exact) mass is 276 g/mol. The fourth-order valence-corrected chi connectivity index (χ4v) is 2.09. The third-order valence-electron chi connectivity index (χ3n) is 3.15. The average Bonchev–Trinajstić information content (AvgIpc) is 2.74. The highest BCUT2D eigenvalue weighted by atomic mass is 16.8. The van der Waals surface area contributed by atoms with Crippen LogP contribution in [0.15, 0.2) is 0 Å². The zero-order valence-corrected chi connectivity index (χ0v) is 10.8. The van der Waals surface area contributed by atoms with Gasteiger partial charge in [-0.15, -0.1) is 0 Å². The van der Waals surface area contributed by atoms with Crippen molar-refractivity contribution in [1.29, 1.82) is 0 Å². The molecule has 0 bridgehead atoms. The van der Waals surface area contributed by atoms with Crippen LogP contribution in [0.1, 0.15) is 26.7 Å². The number of hydrogen-bond donors (Lipinski definition) is 2. The fraction of sp³-hybridized carbons (Fsp3) is 0.727. The minimum absolute atomic E-state index is 0.0487. The van der Waals surface area contributed by atoms with Crippen LogP contribution in [0.3, 0.4) is 0 Å². The number of carbonyl (C=O) groups is 3. The van der Waals surface area contributed by atoms with Crippen molar-refractivity contribution in [3.63, 3.8) is 0 Å². The molecule has 1 aliphatic rings. The molecule has 1 heterocycles. The first-order valence-corrected chi connectivity index (χ1v) is 5.73. The lowest BCUT2D eigenvalue weighted by molar-refractivity contribution is -0.228. The number of ether oxygens (including phenoxy) is 3. The van der Waals surface area contributed by atoms with Crippen molar-refractivity contribution >= 4 is 17.9 Å². The molecule has 1 rings (SSSR count). The van der Waals surface area contributed by atoms with Crippen molar-refractivity contribution in [3.05, 3.63) is 0 Å². The molecule has 1 saturated heterocycles. The average molecular weight is 276 g/mol. The summed E-state index contributed by atoms with van der Waals surface area (Å²) in [7, 11) is 0.966. The molecule has 1 fully saturated rings. The molecule has 2 N–H and O–H groups in total. The quantitative estimate of drug-likeness (QED) is 0.532. The first kappa shape index (κ1) is 15.4. The van der Waals surface area contributed by atoms with E-state index in [0.29, 0.717) is 0 Å². The topological polar surface area (TPSA) is 119 Å². The van der Waals surface area contributed by atoms with Crippen molar-refractivity contribution in [1.82, 2.24) is 0 Å². The molecule has 0 radical (unpaired) electrons. The highest BCUT2D eigenvalue weighted by Crippen LogP contribution is 2.41. The molecule has 0 amide bonds. The lowest BCUT2D eigenvalue weighted by Gasteiger charge is -2.26. The van der Waals surface area contributed by atoms with Crippen molar-refractivity contribution in [2.75, 3.05) is 7.11 Å². The molecular weight excluding hydrogens is 260 g/mol. The van der Waals surface area contributed by atoms with Gasteiger partial charge in [-0.3, -0.25) is 0 Å². The Labute approximate surface area is 109 Å². The minimum Gasteiger partial charge on any atom is -0.479 e. The molecule has 108 valence electrons. The Bertz CT molecular complexity index is 405. The second-order valence-corrected chi connectivity index (χ2v) is 4.08. The van der Waals surface area contributed by atoms with Crippen LogP contribution in [0.4, 0.5) is 0 Å². The first-order valence-electron chi connectivity index (χ1n) is 5.73. The SMILES string of the molecule is CCC1OC(C(=O)O)(C(=O)OC)OC1(CC)C(=O)O. The van der Waals surface area contributed by atoms with E-state index in [0.717, 1.165) is 7.11 Å². The lowest BCUT2D eigenvalue weighted by Crippen LogP contribution is -2.52. The van der Waals surface area contributed by atoms with Crippen LogP contribution in [0.5, 0.6) is 0 Å². The van der Waals surface area contributed by atoms with Crippen molar-refractivity contribution in [2.45, 2.75) is 44.2 Å². The minimum atomic E-state index is -2.73. The number of carbonyl (C=O) groups excluding carboxylic acids is 1. The van der Waals surface area contributed by atoms with Crippen LogP contribution in [0, 0.1) is 0 Å². The Hall–Kier alpha value is -1.67. The number of rotatable bonds is 5. The maximum absolute atomic E-state index is 11.6. The van der Waals surface area contributed by atoms with Crippen LogP contribution < -0.4 is 0 Å². The van der Waals surface area contributed by atoms with Gasteiger partial charge in [-0.25, -0.2) is 14.4 Å². The molecule has 3 unspecified atom stereocenters. The van der Waals surface area contributed by atoms with Crippen LogP contribution in [0.2, 0.25) is 0 Å². The summed E-state index contributed by atoms with van der Waals surface area (Å²) in [4.78, 5) is 34.3. The highest BCUT2D eigenvalue weighted by Gasteiger charge is 2.68. The molecular formula is C11H16O8. The fourth-order valence-electron chi connectivity index (χ4n) is 2.09. The molecule has 3 atom stereocenters. The van der Waals surface area contributed by atoms with Gasteiger partial charge in [0.1, 0.15) is 6.10 Å². The summed E-state index contributed by atoms with van der Waals surface area (Å²) in [6.45, 7) is 3.12. The smallest absolute Gasteiger partial charge is 0.379 e. The maximum atomic E-state index is 11.6. The van der Waals surface area contributed by atoms with Crippen molar-refractivity contribution in [3.8, 4) is 0 Å². The first-order chi connectivity index (χ1) is 8.80. The number of methoxy groups -OCH3 is 1. The summed E-state index contributed by atoms with van der Waals surface area (Å²) in [5.74, 6) is -7.15. The molecule has 0 aromatic carbocycles. The van der Waals surface area contributed by atoms with Crippen LogP contribution in [-0.2, 0) is 28.6 Å². The number of carboxylic acids is 2. The standard InChI is InChI=1S/C11H16O8/c1-4-6-10(5-2,7(12)13)19-11(18-6,8(14)15)9(16)17-3/h6H,4-5H2,1-3H3,(H,12,13)(H,14,15). The zero-order valence-electron chi connectivity index (χ0n) is 10.8. The Morgan fingerprint density at radius 3 is 2.05 bits per heavy atom. The number of carboxylic acid groups (broad SMARTS) is 2. The van der Waals surface area contributed by atoms with Crippen molar-refractivity contribution in [2.24, 2.45) is 0 Å². The third kappa shape index (κ3) is 2.06. The molecule has 0 aromatic rings. The van der Waals surface area contributed by atoms with E-state index in [-0.39, 0.29) is 12.8 Å². The van der Waals surface area contributed by atoms with Gasteiger partial charge in [-0.05, 0) is 12.8 Å². The molecule has 8 heteroatoms. The lowest BCUT2D eigenvalue weighted by atomic mass is 9.92. The second-order valence-electron chi connectivity index (χ2n) is 4.08. The molecule has 0 saturated carbocycles. The van der Waals surface area contributed by atoms with Gasteiger partial charge in [-0.1, -0.05) is 13.8 Å². The number of aliphatic carboxylic acids is 2. The summed E-state index contributed by atoms with van der Waals surface area (Å²) in [6.07, 6.45) is -0.941. The molecule has 0 spiro atoms. The Morgan fingerprint density at radius 2 is 1.79 bits per heavy atom. The summed E-state index contributed by atoms with van der Waals surface area (Å²) >= 11 is 0. The number of hydrogen-bond acceptors (Lipinski definition) is 6. The van der Waals surface area contributed by atoms with E-state index in [2.05, 4.69) is 4.74 Å². The Morgan fingerprint density at radius 1 is 1.21 bits per heavy atom. The van der Waals surface area contributed by atoms with E-state index < -0.39 is 35.4 Å². The summed E-state index contributed by atoms with van der Waals surface area (Å²) in [5.41, 5.74) is -1.89. The summed E-state index contributed by atoms with van der Waals surface area (Å²) in [5, 5.41) is 18.4. The molecule has 8 nitrogen and oxygen atoms in total. The third-order valence-corrected chi connectivity index (χ3v) is 3.15. The van der Waals surface area contributed by atoms with Gasteiger partial charge >= 0.3 is 23.7 Å². The van der Waals surface area contributed by atoms with Gasteiger partial charge in [-0.2, -0.15) is 0 Å². The van der Waals surface area contributed by atoms with Crippen molar-refractivity contribution < 1.29 is 38.8 Å². The molecule has 1 aliphatic heterocycles. The van der Waals surface area contributed by atoms with Gasteiger partial charge in [0, 0.05) is 0 Å². The molecule has 19 heavy (non-hydrogen) atoms. The van der Waals surface area contributed by atoms with E-state index in [1.54, 1.807) is 6.92 Å². The largest absolute Gasteiger partial charge is 0.479 e. The van der Waals surface area contributed by atoms with Gasteiger partial charge in [0.15, 0.2) is 5.60 Å². The second kappa shape index (κ2) is 5.14. The van der Waals surface area contributed by atoms with Crippen LogP contribution in [0.25, 0.3) is 0 Å². The molecule has 0 aromatic heterocycles. The van der Waals surface area contributed by atoms with E-state index >= 15 is 0 Å². The van der Waals surface area contributed by atoms with Gasteiger partial charge in [0.05, 0.1) is 7.11 Å². The molecule has 0 aliphatic carbocycles. The summed E-state index contributed by atoms with van der Waals surface area (Å²) in [6, 6.07) is 0. The summed E-state index contributed by atoms with van der Waals surface area (Å²) < 4.78 is 14.5. The van der Waals surface area contributed by atoms with Crippen LogP contribution >= 0.6 is 0 Å². The normalized spacial score (nSPS) is 33.9. The maximum Gasteiger partial charge on any atom is 0.379 e. The highest BCUT2D eigenvalue weighted by molar-refractivity contribution is 6.02. The van der Waals surface area contributed by atoms with Gasteiger partial charge in [0.2, 0.25) is 0 Å². The predicted molar refractivity (Wildman–Crippen MR) is 59.3 cm³/mol. The zero-order chi connectivity index (χ0) is 14.8. The van der Waals surface area contributed by atoms with Gasteiger partial charge in [0.25, 0.3) is 0 Å². The predicted octanol–water partition coefficient (Wildman–Crippen LogP) is -0.000900. The van der Waals surface area contributed by atoms with Crippen LogP contribution in [-0.4, -0.2) is 52.7 Å². The van der Waals surface area contributed by atoms with E-state index in [1.165, 1.54) is 6.92 Å². The van der Waals surface area contributed by atoms with E-state index in [4.69, 9.17) is 14.6 Å². The Kier molecular flexibility index (Phi) is 4.16. The number of esters is 1. The van der Waals surface area contributed by atoms with E-state index in [1.807, 2.05) is 0 Å². The van der Waals surface area contributed by atoms with Gasteiger partial charge < -0.3 is 24.4 Å². The Balaban J connectivity index is 3.32.